The van der Waals surface area contributed by atoms with Crippen LogP contribution in [0.5, 0.6) is 0 Å². The maximum absolute atomic E-state index is 12.6. The zero-order valence-electron chi connectivity index (χ0n) is 15.6. The highest BCUT2D eigenvalue weighted by molar-refractivity contribution is 5.80. The predicted molar refractivity (Wildman–Crippen MR) is 98.7 cm³/mol. The largest absolute Gasteiger partial charge is 0.376 e. The van der Waals surface area contributed by atoms with Gasteiger partial charge in [-0.15, -0.1) is 0 Å². The molecule has 3 heterocycles. The molecule has 9 heteroatoms. The summed E-state index contributed by atoms with van der Waals surface area (Å²) >= 11 is 0. The van der Waals surface area contributed by atoms with Gasteiger partial charge in [0.1, 0.15) is 18.1 Å². The Balaban J connectivity index is 1.44. The lowest BCUT2D eigenvalue weighted by atomic mass is 10.1. The van der Waals surface area contributed by atoms with Crippen molar-refractivity contribution in [2.75, 3.05) is 44.3 Å². The average Bonchev–Trinajstić information content (AvgIpc) is 2.72. The first kappa shape index (κ1) is 19.5. The molecular formula is C18H26N4O5. The van der Waals surface area contributed by atoms with Crippen molar-refractivity contribution in [1.29, 1.82) is 0 Å². The van der Waals surface area contributed by atoms with E-state index in [1.54, 1.807) is 17.9 Å². The standard InChI is InChI=1S/C18H26N4O5/c1-14(27-13-16-4-2-3-11-26-16)18(23)21-9-7-20(8-10-21)17-6-5-15(12-19-17)22(24)25/h5-6,12,14,16H,2-4,7-11,13H2,1H3. The fourth-order valence-electron chi connectivity index (χ4n) is 3.35. The van der Waals surface area contributed by atoms with Gasteiger partial charge in [0.05, 0.1) is 17.6 Å². The molecule has 2 aliphatic rings. The molecule has 1 amide bonds. The van der Waals surface area contributed by atoms with Crippen LogP contribution in [0.1, 0.15) is 26.2 Å². The smallest absolute Gasteiger partial charge is 0.287 e. The van der Waals surface area contributed by atoms with Crippen molar-refractivity contribution >= 4 is 17.4 Å². The molecule has 0 radical (unpaired) electrons. The van der Waals surface area contributed by atoms with E-state index in [9.17, 15) is 14.9 Å². The Kier molecular flexibility index (Phi) is 6.57. The quantitative estimate of drug-likeness (QED) is 0.548. The number of pyridine rings is 1. The van der Waals surface area contributed by atoms with Gasteiger partial charge in [0, 0.05) is 38.9 Å². The van der Waals surface area contributed by atoms with Gasteiger partial charge < -0.3 is 19.3 Å². The number of ether oxygens (including phenoxy) is 2. The molecule has 3 rings (SSSR count). The van der Waals surface area contributed by atoms with Gasteiger partial charge in [-0.1, -0.05) is 0 Å². The zero-order chi connectivity index (χ0) is 19.2. The molecule has 1 aromatic heterocycles. The molecule has 0 saturated carbocycles. The van der Waals surface area contributed by atoms with E-state index >= 15 is 0 Å². The molecule has 9 nitrogen and oxygen atoms in total. The molecule has 2 aliphatic heterocycles. The predicted octanol–water partition coefficient (Wildman–Crippen LogP) is 1.61. The Morgan fingerprint density at radius 2 is 2.15 bits per heavy atom. The third-order valence-electron chi connectivity index (χ3n) is 5.01. The lowest BCUT2D eigenvalue weighted by molar-refractivity contribution is -0.385. The van der Waals surface area contributed by atoms with Crippen molar-refractivity contribution in [3.05, 3.63) is 28.4 Å². The summed E-state index contributed by atoms with van der Waals surface area (Å²) in [7, 11) is 0. The summed E-state index contributed by atoms with van der Waals surface area (Å²) in [5.41, 5.74) is -0.0273. The molecule has 2 unspecified atom stereocenters. The number of amides is 1. The van der Waals surface area contributed by atoms with Crippen molar-refractivity contribution < 1.29 is 19.2 Å². The van der Waals surface area contributed by atoms with E-state index in [1.165, 1.54) is 12.3 Å². The average molecular weight is 378 g/mol. The number of carbonyl (C=O) groups excluding carboxylic acids is 1. The highest BCUT2D eigenvalue weighted by Gasteiger charge is 2.27. The normalized spacial score (nSPS) is 21.7. The maximum atomic E-state index is 12.6. The number of hydrogen-bond acceptors (Lipinski definition) is 7. The second kappa shape index (κ2) is 9.09. The van der Waals surface area contributed by atoms with Gasteiger partial charge in [0.15, 0.2) is 0 Å². The third kappa shape index (κ3) is 5.14. The molecule has 0 spiro atoms. The number of nitro groups is 1. The van der Waals surface area contributed by atoms with Crippen LogP contribution >= 0.6 is 0 Å². The Labute approximate surface area is 158 Å². The van der Waals surface area contributed by atoms with Gasteiger partial charge in [-0.25, -0.2) is 4.98 Å². The Bertz CT molecular complexity index is 640. The summed E-state index contributed by atoms with van der Waals surface area (Å²) in [5, 5.41) is 10.7. The van der Waals surface area contributed by atoms with Crippen molar-refractivity contribution in [3.63, 3.8) is 0 Å². The van der Waals surface area contributed by atoms with Crippen LogP contribution in [-0.4, -0.2) is 72.3 Å². The van der Waals surface area contributed by atoms with Gasteiger partial charge >= 0.3 is 0 Å². The van der Waals surface area contributed by atoms with Gasteiger partial charge in [-0.2, -0.15) is 0 Å². The molecule has 1 aromatic rings. The van der Waals surface area contributed by atoms with Crippen LogP contribution in [-0.2, 0) is 14.3 Å². The number of nitrogens with zero attached hydrogens (tertiary/aromatic N) is 4. The number of aromatic nitrogens is 1. The fourth-order valence-corrected chi connectivity index (χ4v) is 3.35. The molecule has 2 fully saturated rings. The van der Waals surface area contributed by atoms with E-state index < -0.39 is 11.0 Å². The van der Waals surface area contributed by atoms with Crippen LogP contribution in [0.2, 0.25) is 0 Å². The Morgan fingerprint density at radius 3 is 2.74 bits per heavy atom. The van der Waals surface area contributed by atoms with E-state index in [0.717, 1.165) is 25.9 Å². The molecular weight excluding hydrogens is 352 g/mol. The first-order chi connectivity index (χ1) is 13.0. The van der Waals surface area contributed by atoms with Crippen molar-refractivity contribution in [2.24, 2.45) is 0 Å². The molecule has 2 atom stereocenters. The first-order valence-corrected chi connectivity index (χ1v) is 9.42. The van der Waals surface area contributed by atoms with Crippen LogP contribution in [0.3, 0.4) is 0 Å². The van der Waals surface area contributed by atoms with Gasteiger partial charge in [0.2, 0.25) is 0 Å². The second-order valence-electron chi connectivity index (χ2n) is 6.91. The van der Waals surface area contributed by atoms with Crippen LogP contribution in [0.15, 0.2) is 18.3 Å². The minimum Gasteiger partial charge on any atom is -0.376 e. The monoisotopic (exact) mass is 378 g/mol. The maximum Gasteiger partial charge on any atom is 0.287 e. The van der Waals surface area contributed by atoms with Gasteiger partial charge in [-0.05, 0) is 32.3 Å². The third-order valence-corrected chi connectivity index (χ3v) is 5.01. The molecule has 27 heavy (non-hydrogen) atoms. The number of rotatable bonds is 6. The topological polar surface area (TPSA) is 98.0 Å². The van der Waals surface area contributed by atoms with E-state index in [2.05, 4.69) is 4.98 Å². The summed E-state index contributed by atoms with van der Waals surface area (Å²) in [6, 6.07) is 3.09. The van der Waals surface area contributed by atoms with Crippen LogP contribution in [0, 0.1) is 10.1 Å². The summed E-state index contributed by atoms with van der Waals surface area (Å²) in [6.07, 6.45) is 4.10. The highest BCUT2D eigenvalue weighted by Crippen LogP contribution is 2.18. The molecule has 0 bridgehead atoms. The number of piperazine rings is 1. The number of carbonyl (C=O) groups is 1. The molecule has 0 N–H and O–H groups in total. The van der Waals surface area contributed by atoms with E-state index in [1.807, 2.05) is 4.90 Å². The van der Waals surface area contributed by atoms with Crippen molar-refractivity contribution in [1.82, 2.24) is 9.88 Å². The minimum atomic E-state index is -0.487. The lowest BCUT2D eigenvalue weighted by Gasteiger charge is -2.36. The molecule has 0 aromatic carbocycles. The SMILES string of the molecule is CC(OCC1CCCCO1)C(=O)N1CCN(c2ccc([N+](=O)[O-])cn2)CC1. The van der Waals surface area contributed by atoms with Gasteiger partial charge in [-0.3, -0.25) is 14.9 Å². The van der Waals surface area contributed by atoms with E-state index in [0.29, 0.717) is 38.6 Å². The number of hydrogen-bond donors (Lipinski definition) is 0. The summed E-state index contributed by atoms with van der Waals surface area (Å²) in [4.78, 5) is 30.8. The Hall–Kier alpha value is -2.26. The molecule has 2 saturated heterocycles. The van der Waals surface area contributed by atoms with E-state index in [4.69, 9.17) is 9.47 Å². The minimum absolute atomic E-state index is 0.0119. The van der Waals surface area contributed by atoms with Crippen LogP contribution < -0.4 is 4.90 Å². The fraction of sp³-hybridized carbons (Fsp3) is 0.667. The molecule has 148 valence electrons. The highest BCUT2D eigenvalue weighted by atomic mass is 16.6. The van der Waals surface area contributed by atoms with Crippen LogP contribution in [0.4, 0.5) is 11.5 Å². The van der Waals surface area contributed by atoms with Crippen molar-refractivity contribution in [3.8, 4) is 0 Å². The summed E-state index contributed by atoms with van der Waals surface area (Å²) in [5.74, 6) is 0.675. The number of anilines is 1. The lowest BCUT2D eigenvalue weighted by Crippen LogP contribution is -2.51. The summed E-state index contributed by atoms with van der Waals surface area (Å²) in [6.45, 7) is 5.43. The zero-order valence-corrected chi connectivity index (χ0v) is 15.6. The Morgan fingerprint density at radius 1 is 1.37 bits per heavy atom. The molecule has 0 aliphatic carbocycles. The summed E-state index contributed by atoms with van der Waals surface area (Å²) < 4.78 is 11.4. The van der Waals surface area contributed by atoms with Gasteiger partial charge in [0.25, 0.3) is 11.6 Å². The first-order valence-electron chi connectivity index (χ1n) is 9.42. The van der Waals surface area contributed by atoms with E-state index in [-0.39, 0.29) is 17.7 Å². The van der Waals surface area contributed by atoms with Crippen molar-refractivity contribution in [2.45, 2.75) is 38.4 Å². The second-order valence-corrected chi connectivity index (χ2v) is 6.91. The van der Waals surface area contributed by atoms with Crippen LogP contribution in [0.25, 0.3) is 0 Å².